The molecular formula is C14H12ClFN2O. The molecule has 98 valence electrons. The van der Waals surface area contributed by atoms with Crippen LogP contribution in [0.2, 0.25) is 5.02 Å². The lowest BCUT2D eigenvalue weighted by atomic mass is 10.0. The maximum atomic E-state index is 13.6. The van der Waals surface area contributed by atoms with Crippen LogP contribution in [0, 0.1) is 19.7 Å². The Balaban J connectivity index is 2.30. The molecule has 0 saturated heterocycles. The van der Waals surface area contributed by atoms with E-state index < -0.39 is 5.82 Å². The summed E-state index contributed by atoms with van der Waals surface area (Å²) in [5.74, 6) is -0.634. The first kappa shape index (κ1) is 13.6. The van der Waals surface area contributed by atoms with Gasteiger partial charge in [0.25, 0.3) is 0 Å². The molecule has 1 heterocycles. The number of rotatable bonds is 3. The summed E-state index contributed by atoms with van der Waals surface area (Å²) >= 11 is 5.80. The number of Topliss-reactive ketones (excluding diaryl/α,β-unsaturated/α-hetero) is 1. The highest BCUT2D eigenvalue weighted by Crippen LogP contribution is 2.18. The molecule has 0 aliphatic rings. The second-order valence-corrected chi connectivity index (χ2v) is 4.76. The van der Waals surface area contributed by atoms with Crippen LogP contribution in [0.4, 0.5) is 4.39 Å². The molecule has 0 aliphatic heterocycles. The summed E-state index contributed by atoms with van der Waals surface area (Å²) in [5.41, 5.74) is 1.94. The fraction of sp³-hybridized carbons (Fsp3) is 0.214. The normalized spacial score (nSPS) is 10.5. The third-order valence-electron chi connectivity index (χ3n) is 2.76. The van der Waals surface area contributed by atoms with Crippen molar-refractivity contribution in [1.29, 1.82) is 0 Å². The van der Waals surface area contributed by atoms with Crippen molar-refractivity contribution >= 4 is 17.4 Å². The molecule has 0 spiro atoms. The molecule has 5 heteroatoms. The smallest absolute Gasteiger partial charge is 0.169 e. The van der Waals surface area contributed by atoms with E-state index in [-0.39, 0.29) is 17.8 Å². The molecule has 2 aromatic rings. The molecule has 0 N–H and O–H groups in total. The van der Waals surface area contributed by atoms with Crippen molar-refractivity contribution in [3.8, 4) is 0 Å². The van der Waals surface area contributed by atoms with Crippen LogP contribution >= 0.6 is 11.6 Å². The lowest BCUT2D eigenvalue weighted by molar-refractivity contribution is 0.0990. The van der Waals surface area contributed by atoms with Crippen LogP contribution in [0.3, 0.4) is 0 Å². The SMILES string of the molecule is Cc1cc(C(=O)Cc2cc(Cl)ccc2F)c(C)nn1. The number of halogens is 2. The van der Waals surface area contributed by atoms with E-state index in [0.717, 1.165) is 0 Å². The lowest BCUT2D eigenvalue weighted by Crippen LogP contribution is -2.09. The van der Waals surface area contributed by atoms with Gasteiger partial charge in [0.1, 0.15) is 5.82 Å². The van der Waals surface area contributed by atoms with E-state index in [1.165, 1.54) is 18.2 Å². The highest BCUT2D eigenvalue weighted by molar-refractivity contribution is 6.30. The number of aromatic nitrogens is 2. The number of benzene rings is 1. The minimum atomic E-state index is -0.436. The predicted octanol–water partition coefficient (Wildman–Crippen LogP) is 3.31. The summed E-state index contributed by atoms with van der Waals surface area (Å²) in [7, 11) is 0. The molecule has 19 heavy (non-hydrogen) atoms. The molecule has 0 radical (unpaired) electrons. The van der Waals surface area contributed by atoms with Gasteiger partial charge in [-0.3, -0.25) is 4.79 Å². The van der Waals surface area contributed by atoms with Gasteiger partial charge in [0.05, 0.1) is 11.4 Å². The molecule has 0 atom stereocenters. The van der Waals surface area contributed by atoms with Crippen LogP contribution in [0.1, 0.15) is 27.3 Å². The highest BCUT2D eigenvalue weighted by atomic mass is 35.5. The Bertz CT molecular complexity index is 643. The molecule has 1 aromatic carbocycles. The molecule has 0 bridgehead atoms. The van der Waals surface area contributed by atoms with Crippen molar-refractivity contribution < 1.29 is 9.18 Å². The number of carbonyl (C=O) groups is 1. The van der Waals surface area contributed by atoms with Crippen LogP contribution in [0.15, 0.2) is 24.3 Å². The second kappa shape index (κ2) is 5.45. The van der Waals surface area contributed by atoms with E-state index in [9.17, 15) is 9.18 Å². The molecule has 1 aromatic heterocycles. The standard InChI is InChI=1S/C14H12ClFN2O/c1-8-5-12(9(2)18-17-8)14(19)7-10-6-11(15)3-4-13(10)16/h3-6H,7H2,1-2H3. The number of nitrogens with zero attached hydrogens (tertiary/aromatic N) is 2. The van der Waals surface area contributed by atoms with Crippen LogP contribution in [-0.4, -0.2) is 16.0 Å². The van der Waals surface area contributed by atoms with Gasteiger partial charge in [-0.25, -0.2) is 4.39 Å². The third kappa shape index (κ3) is 3.15. The Kier molecular flexibility index (Phi) is 3.90. The zero-order valence-corrected chi connectivity index (χ0v) is 11.3. The van der Waals surface area contributed by atoms with Gasteiger partial charge in [0.15, 0.2) is 5.78 Å². The number of aryl methyl sites for hydroxylation is 2. The molecular weight excluding hydrogens is 267 g/mol. The van der Waals surface area contributed by atoms with Gasteiger partial charge in [0.2, 0.25) is 0 Å². The van der Waals surface area contributed by atoms with Crippen molar-refractivity contribution in [2.24, 2.45) is 0 Å². The van der Waals surface area contributed by atoms with Gasteiger partial charge in [-0.15, -0.1) is 0 Å². The highest BCUT2D eigenvalue weighted by Gasteiger charge is 2.14. The molecule has 2 rings (SSSR count). The fourth-order valence-electron chi connectivity index (χ4n) is 1.78. The van der Waals surface area contributed by atoms with Crippen molar-refractivity contribution in [1.82, 2.24) is 10.2 Å². The first-order valence-corrected chi connectivity index (χ1v) is 6.13. The maximum absolute atomic E-state index is 13.6. The zero-order valence-electron chi connectivity index (χ0n) is 10.6. The lowest BCUT2D eigenvalue weighted by Gasteiger charge is -2.06. The topological polar surface area (TPSA) is 42.9 Å². The molecule has 3 nitrogen and oxygen atoms in total. The first-order valence-electron chi connectivity index (χ1n) is 5.75. The van der Waals surface area contributed by atoms with Crippen LogP contribution in [-0.2, 0) is 6.42 Å². The van der Waals surface area contributed by atoms with E-state index in [2.05, 4.69) is 10.2 Å². The fourth-order valence-corrected chi connectivity index (χ4v) is 1.97. The van der Waals surface area contributed by atoms with Gasteiger partial charge in [-0.05, 0) is 43.7 Å². The van der Waals surface area contributed by atoms with E-state index >= 15 is 0 Å². The number of ketones is 1. The van der Waals surface area contributed by atoms with Crippen molar-refractivity contribution in [3.63, 3.8) is 0 Å². The molecule has 0 unspecified atom stereocenters. The number of hydrogen-bond donors (Lipinski definition) is 0. The molecule has 0 amide bonds. The summed E-state index contributed by atoms with van der Waals surface area (Å²) < 4.78 is 13.6. The maximum Gasteiger partial charge on any atom is 0.169 e. The predicted molar refractivity (Wildman–Crippen MR) is 71.0 cm³/mol. The van der Waals surface area contributed by atoms with Gasteiger partial charge in [-0.2, -0.15) is 10.2 Å². The van der Waals surface area contributed by atoms with E-state index in [1.54, 1.807) is 19.9 Å². The van der Waals surface area contributed by atoms with Crippen LogP contribution in [0.25, 0.3) is 0 Å². The summed E-state index contributed by atoms with van der Waals surface area (Å²) in [5, 5.41) is 8.16. The van der Waals surface area contributed by atoms with E-state index in [0.29, 0.717) is 22.0 Å². The van der Waals surface area contributed by atoms with Gasteiger partial charge >= 0.3 is 0 Å². The summed E-state index contributed by atoms with van der Waals surface area (Å²) in [4.78, 5) is 12.2. The summed E-state index contributed by atoms with van der Waals surface area (Å²) in [6, 6.07) is 5.83. The van der Waals surface area contributed by atoms with Gasteiger partial charge < -0.3 is 0 Å². The number of carbonyl (C=O) groups excluding carboxylic acids is 1. The Morgan fingerprint density at radius 2 is 2.00 bits per heavy atom. The Morgan fingerprint density at radius 3 is 2.74 bits per heavy atom. The minimum Gasteiger partial charge on any atom is -0.294 e. The molecule has 0 aliphatic carbocycles. The van der Waals surface area contributed by atoms with Gasteiger partial charge in [0, 0.05) is 17.0 Å². The first-order chi connectivity index (χ1) is 8.97. The van der Waals surface area contributed by atoms with Crippen LogP contribution < -0.4 is 0 Å². The Labute approximate surface area is 115 Å². The summed E-state index contributed by atoms with van der Waals surface area (Å²) in [6.45, 7) is 3.46. The molecule has 0 saturated carbocycles. The van der Waals surface area contributed by atoms with Crippen molar-refractivity contribution in [2.45, 2.75) is 20.3 Å². The minimum absolute atomic E-state index is 0.0433. The number of hydrogen-bond acceptors (Lipinski definition) is 3. The Morgan fingerprint density at radius 1 is 1.26 bits per heavy atom. The van der Waals surface area contributed by atoms with Gasteiger partial charge in [-0.1, -0.05) is 11.6 Å². The average molecular weight is 279 g/mol. The Hall–Kier alpha value is -1.81. The monoisotopic (exact) mass is 278 g/mol. The third-order valence-corrected chi connectivity index (χ3v) is 3.00. The molecule has 0 fully saturated rings. The van der Waals surface area contributed by atoms with E-state index in [1.807, 2.05) is 0 Å². The second-order valence-electron chi connectivity index (χ2n) is 4.32. The quantitative estimate of drug-likeness (QED) is 0.809. The van der Waals surface area contributed by atoms with E-state index in [4.69, 9.17) is 11.6 Å². The van der Waals surface area contributed by atoms with Crippen molar-refractivity contribution in [3.05, 3.63) is 57.6 Å². The summed E-state index contributed by atoms with van der Waals surface area (Å²) in [6.07, 6.45) is -0.0433. The van der Waals surface area contributed by atoms with Crippen molar-refractivity contribution in [2.75, 3.05) is 0 Å². The largest absolute Gasteiger partial charge is 0.294 e. The average Bonchev–Trinajstić information content (AvgIpc) is 2.36. The van der Waals surface area contributed by atoms with Crippen LogP contribution in [0.5, 0.6) is 0 Å². The zero-order chi connectivity index (χ0) is 14.0.